The second-order valence-corrected chi connectivity index (χ2v) is 8.95. The van der Waals surface area contributed by atoms with Crippen LogP contribution in [0.5, 0.6) is 11.5 Å². The summed E-state index contributed by atoms with van der Waals surface area (Å²) in [5, 5.41) is 3.33. The van der Waals surface area contributed by atoms with E-state index in [0.717, 1.165) is 22.7 Å². The first-order valence-electron chi connectivity index (χ1n) is 11.6. The lowest BCUT2D eigenvalue weighted by Crippen LogP contribution is -2.37. The monoisotopic (exact) mass is 472 g/mol. The quantitative estimate of drug-likeness (QED) is 0.430. The highest BCUT2D eigenvalue weighted by atomic mass is 16.5. The number of rotatable bonds is 7. The topological polar surface area (TPSA) is 109 Å². The fourth-order valence-corrected chi connectivity index (χ4v) is 4.40. The van der Waals surface area contributed by atoms with Crippen LogP contribution >= 0.6 is 0 Å². The van der Waals surface area contributed by atoms with Gasteiger partial charge in [-0.25, -0.2) is 9.50 Å². The third-order valence-electron chi connectivity index (χ3n) is 6.21. The summed E-state index contributed by atoms with van der Waals surface area (Å²) in [6.45, 7) is 1.74. The zero-order valence-electron chi connectivity index (χ0n) is 19.8. The van der Waals surface area contributed by atoms with Gasteiger partial charge in [0.1, 0.15) is 17.1 Å². The molecule has 2 aromatic carbocycles. The van der Waals surface area contributed by atoms with Crippen molar-refractivity contribution in [1.82, 2.24) is 24.4 Å². The molecular formula is C26H28N6O3. The number of amides is 2. The maximum absolute atomic E-state index is 12.6. The number of H-pyrrole nitrogens is 1. The van der Waals surface area contributed by atoms with Crippen molar-refractivity contribution in [2.45, 2.75) is 19.4 Å². The zero-order chi connectivity index (χ0) is 24.5. The van der Waals surface area contributed by atoms with Crippen LogP contribution in [0.4, 0.5) is 0 Å². The van der Waals surface area contributed by atoms with Gasteiger partial charge in [-0.2, -0.15) is 0 Å². The average molecular weight is 473 g/mol. The Hall–Kier alpha value is -4.11. The van der Waals surface area contributed by atoms with Gasteiger partial charge in [-0.15, -0.1) is 0 Å². The van der Waals surface area contributed by atoms with Gasteiger partial charge in [0.25, 0.3) is 5.91 Å². The molecule has 0 fully saturated rings. The summed E-state index contributed by atoms with van der Waals surface area (Å²) in [6.07, 6.45) is 1.11. The Bertz CT molecular complexity index is 1370. The Morgan fingerprint density at radius 1 is 1.09 bits per heavy atom. The number of hydrogen-bond donors (Lipinski definition) is 2. The summed E-state index contributed by atoms with van der Waals surface area (Å²) >= 11 is 0. The number of primary amides is 1. The van der Waals surface area contributed by atoms with Gasteiger partial charge in [0.05, 0.1) is 23.6 Å². The summed E-state index contributed by atoms with van der Waals surface area (Å²) in [5.74, 6) is 0.984. The van der Waals surface area contributed by atoms with Crippen LogP contribution in [0.15, 0.2) is 54.6 Å². The van der Waals surface area contributed by atoms with E-state index < -0.39 is 5.91 Å². The van der Waals surface area contributed by atoms with Crippen LogP contribution in [0.2, 0.25) is 0 Å². The Morgan fingerprint density at radius 3 is 2.49 bits per heavy atom. The lowest BCUT2D eigenvalue weighted by Gasteiger charge is -2.27. The van der Waals surface area contributed by atoms with Crippen LogP contribution < -0.4 is 10.5 Å². The fraction of sp³-hybridized carbons (Fsp3) is 0.269. The van der Waals surface area contributed by atoms with Gasteiger partial charge < -0.3 is 20.3 Å². The van der Waals surface area contributed by atoms with Crippen molar-refractivity contribution in [3.63, 3.8) is 0 Å². The largest absolute Gasteiger partial charge is 0.457 e. The van der Waals surface area contributed by atoms with Crippen LogP contribution in [-0.4, -0.2) is 63.4 Å². The predicted molar refractivity (Wildman–Crippen MR) is 132 cm³/mol. The van der Waals surface area contributed by atoms with Gasteiger partial charge in [0, 0.05) is 31.5 Å². The molecule has 0 saturated heterocycles. The molecule has 3 heterocycles. The van der Waals surface area contributed by atoms with Gasteiger partial charge >= 0.3 is 0 Å². The first kappa shape index (κ1) is 22.7. The third kappa shape index (κ3) is 4.50. The molecule has 0 radical (unpaired) electrons. The fourth-order valence-electron chi connectivity index (χ4n) is 4.40. The minimum absolute atomic E-state index is 0.106. The number of aromatic nitrogens is 3. The maximum atomic E-state index is 12.6. The standard InChI is InChI=1S/C26H28N6O3/c1-30(2)14-13-22(33)31-15-12-21-20(16-31)28-26-23(25(27)34)24(29-32(21)26)17-8-10-19(11-9-17)35-18-6-4-3-5-7-18/h3-11,29H,12-16H2,1-2H3,(H2,27,34). The van der Waals surface area contributed by atoms with Gasteiger partial charge in [-0.1, -0.05) is 18.2 Å². The molecule has 35 heavy (non-hydrogen) atoms. The van der Waals surface area contributed by atoms with Crippen molar-refractivity contribution < 1.29 is 14.3 Å². The number of hydrogen-bond acceptors (Lipinski definition) is 5. The first-order valence-corrected chi connectivity index (χ1v) is 11.6. The van der Waals surface area contributed by atoms with Gasteiger partial charge in [0.2, 0.25) is 5.91 Å². The number of nitrogens with one attached hydrogen (secondary N) is 1. The molecule has 0 spiro atoms. The number of para-hydroxylation sites is 1. The summed E-state index contributed by atoms with van der Waals surface area (Å²) < 4.78 is 7.70. The van der Waals surface area contributed by atoms with Crippen molar-refractivity contribution in [2.75, 3.05) is 27.2 Å². The molecule has 0 bridgehead atoms. The lowest BCUT2D eigenvalue weighted by molar-refractivity contribution is -0.132. The normalized spacial score (nSPS) is 13.3. The van der Waals surface area contributed by atoms with E-state index in [1.165, 1.54) is 0 Å². The molecular weight excluding hydrogens is 444 g/mol. The minimum Gasteiger partial charge on any atom is -0.457 e. The molecule has 0 unspecified atom stereocenters. The summed E-state index contributed by atoms with van der Waals surface area (Å²) in [7, 11) is 3.90. The number of carbonyl (C=O) groups is 2. The van der Waals surface area contributed by atoms with Crippen molar-refractivity contribution in [3.05, 3.63) is 71.5 Å². The lowest BCUT2D eigenvalue weighted by atomic mass is 10.1. The number of nitrogens with zero attached hydrogens (tertiary/aromatic N) is 4. The molecule has 3 N–H and O–H groups in total. The highest BCUT2D eigenvalue weighted by molar-refractivity contribution is 6.04. The summed E-state index contributed by atoms with van der Waals surface area (Å²) in [5.41, 5.74) is 9.79. The van der Waals surface area contributed by atoms with Crippen LogP contribution in [-0.2, 0) is 17.8 Å². The zero-order valence-corrected chi connectivity index (χ0v) is 19.8. The summed E-state index contributed by atoms with van der Waals surface area (Å²) in [6, 6.07) is 17.0. The SMILES string of the molecule is CN(C)CCC(=O)N1CCc2c(nc3c(C(N)=O)c(-c4ccc(Oc5ccccc5)cc4)[nH]n23)C1. The maximum Gasteiger partial charge on any atom is 0.254 e. The average Bonchev–Trinajstić information content (AvgIpc) is 3.39. The number of carbonyl (C=O) groups excluding carboxylic acids is 2. The van der Waals surface area contributed by atoms with Gasteiger partial charge in [0.15, 0.2) is 5.65 Å². The number of imidazole rings is 1. The second-order valence-electron chi connectivity index (χ2n) is 8.95. The van der Waals surface area contributed by atoms with Crippen molar-refractivity contribution in [2.24, 2.45) is 5.73 Å². The molecule has 9 nitrogen and oxygen atoms in total. The molecule has 1 aliphatic rings. The first-order chi connectivity index (χ1) is 16.9. The third-order valence-corrected chi connectivity index (χ3v) is 6.21. The van der Waals surface area contributed by atoms with E-state index >= 15 is 0 Å². The molecule has 2 aromatic heterocycles. The number of ether oxygens (including phenoxy) is 1. The van der Waals surface area contributed by atoms with Crippen LogP contribution in [0.1, 0.15) is 28.2 Å². The van der Waals surface area contributed by atoms with Gasteiger partial charge in [-0.05, 0) is 50.5 Å². The number of nitrogens with two attached hydrogens (primary N) is 1. The highest BCUT2D eigenvalue weighted by Gasteiger charge is 2.29. The van der Waals surface area contributed by atoms with Crippen LogP contribution in [0.25, 0.3) is 16.9 Å². The number of benzene rings is 2. The number of aromatic amines is 1. The van der Waals surface area contributed by atoms with E-state index in [9.17, 15) is 9.59 Å². The van der Waals surface area contributed by atoms with E-state index in [1.54, 1.807) is 0 Å². The molecule has 1 aliphatic heterocycles. The molecule has 180 valence electrons. The Kier molecular flexibility index (Phi) is 6.00. The second kappa shape index (κ2) is 9.27. The van der Waals surface area contributed by atoms with Crippen molar-refractivity contribution in [1.29, 1.82) is 0 Å². The highest BCUT2D eigenvalue weighted by Crippen LogP contribution is 2.31. The van der Waals surface area contributed by atoms with E-state index in [0.29, 0.717) is 55.1 Å². The van der Waals surface area contributed by atoms with E-state index in [2.05, 4.69) is 5.10 Å². The van der Waals surface area contributed by atoms with Crippen molar-refractivity contribution >= 4 is 17.5 Å². The van der Waals surface area contributed by atoms with Crippen molar-refractivity contribution in [3.8, 4) is 22.8 Å². The van der Waals surface area contributed by atoms with Crippen LogP contribution in [0, 0.1) is 0 Å². The Morgan fingerprint density at radius 2 is 1.80 bits per heavy atom. The van der Waals surface area contributed by atoms with Gasteiger partial charge in [-0.3, -0.25) is 14.7 Å². The molecule has 2 amide bonds. The molecule has 0 atom stereocenters. The molecule has 4 aromatic rings. The molecule has 9 heteroatoms. The smallest absolute Gasteiger partial charge is 0.254 e. The van der Waals surface area contributed by atoms with E-state index in [4.69, 9.17) is 15.5 Å². The van der Waals surface area contributed by atoms with E-state index in [-0.39, 0.29) is 5.91 Å². The Labute approximate surface area is 203 Å². The Balaban J connectivity index is 1.42. The molecule has 0 saturated carbocycles. The predicted octanol–water partition coefficient (Wildman–Crippen LogP) is 3.06. The van der Waals surface area contributed by atoms with Crippen LogP contribution in [0.3, 0.4) is 0 Å². The molecule has 5 rings (SSSR count). The minimum atomic E-state index is -0.558. The van der Waals surface area contributed by atoms with E-state index in [1.807, 2.05) is 83.0 Å². The summed E-state index contributed by atoms with van der Waals surface area (Å²) in [4.78, 5) is 33.6. The molecule has 0 aliphatic carbocycles. The number of fused-ring (bicyclic) bond motifs is 3.